The first kappa shape index (κ1) is 11.4. The zero-order valence-electron chi connectivity index (χ0n) is 9.38. The van der Waals surface area contributed by atoms with E-state index in [9.17, 15) is 0 Å². The molecule has 2 aromatic rings. The summed E-state index contributed by atoms with van der Waals surface area (Å²) in [5.41, 5.74) is 7.49. The Labute approximate surface area is 104 Å². The number of hydrogen-bond donors (Lipinski definition) is 2. The summed E-state index contributed by atoms with van der Waals surface area (Å²) in [6.45, 7) is 0. The molecule has 5 heteroatoms. The first-order chi connectivity index (χ1) is 8.72. The summed E-state index contributed by atoms with van der Waals surface area (Å²) in [6, 6.07) is 14.2. The van der Waals surface area contributed by atoms with Gasteiger partial charge in [-0.15, -0.1) is 0 Å². The number of aromatic nitrogens is 1. The largest absolute Gasteiger partial charge is 0.396 e. The van der Waals surface area contributed by atoms with E-state index in [0.29, 0.717) is 17.1 Å². The average Bonchev–Trinajstić information content (AvgIpc) is 2.42. The molecule has 1 heterocycles. The number of nitrogens with one attached hydrogen (secondary N) is 1. The Balaban J connectivity index is 2.24. The van der Waals surface area contributed by atoms with Crippen LogP contribution in [0.1, 0.15) is 11.3 Å². The molecular formula is C13H9N5. The molecule has 86 valence electrons. The third-order valence-corrected chi connectivity index (χ3v) is 2.32. The molecule has 18 heavy (non-hydrogen) atoms. The zero-order valence-corrected chi connectivity index (χ0v) is 9.38. The van der Waals surface area contributed by atoms with Gasteiger partial charge in [0.2, 0.25) is 0 Å². The van der Waals surface area contributed by atoms with Crippen LogP contribution < -0.4 is 11.1 Å². The standard InChI is InChI=1S/C13H9N5/c14-7-9-1-3-10(4-2-9)17-13-6-5-11(16)12(8-15)18-13/h1-6H,16H2,(H,17,18). The van der Waals surface area contributed by atoms with Gasteiger partial charge in [-0.1, -0.05) is 0 Å². The average molecular weight is 235 g/mol. The molecule has 0 fully saturated rings. The van der Waals surface area contributed by atoms with Gasteiger partial charge in [-0.25, -0.2) is 4.98 Å². The van der Waals surface area contributed by atoms with Crippen LogP contribution in [0.4, 0.5) is 17.2 Å². The maximum Gasteiger partial charge on any atom is 0.165 e. The highest BCUT2D eigenvalue weighted by Crippen LogP contribution is 2.17. The van der Waals surface area contributed by atoms with Crippen molar-refractivity contribution in [3.05, 3.63) is 47.7 Å². The molecule has 0 atom stereocenters. The molecule has 0 saturated heterocycles. The van der Waals surface area contributed by atoms with E-state index >= 15 is 0 Å². The second-order valence-electron chi connectivity index (χ2n) is 3.56. The number of rotatable bonds is 2. The summed E-state index contributed by atoms with van der Waals surface area (Å²) in [4.78, 5) is 4.07. The van der Waals surface area contributed by atoms with Gasteiger partial charge in [-0.3, -0.25) is 0 Å². The van der Waals surface area contributed by atoms with Gasteiger partial charge in [0, 0.05) is 5.69 Å². The predicted molar refractivity (Wildman–Crippen MR) is 67.8 cm³/mol. The van der Waals surface area contributed by atoms with Crippen LogP contribution in [0.3, 0.4) is 0 Å². The molecule has 1 aromatic carbocycles. The lowest BCUT2D eigenvalue weighted by molar-refractivity contribution is 1.26. The second kappa shape index (κ2) is 4.86. The number of nitrogen functional groups attached to an aromatic ring is 1. The molecule has 0 radical (unpaired) electrons. The van der Waals surface area contributed by atoms with E-state index in [1.165, 1.54) is 0 Å². The van der Waals surface area contributed by atoms with Crippen LogP contribution >= 0.6 is 0 Å². The van der Waals surface area contributed by atoms with Crippen LogP contribution in [-0.2, 0) is 0 Å². The minimum absolute atomic E-state index is 0.189. The van der Waals surface area contributed by atoms with Crippen molar-refractivity contribution in [2.45, 2.75) is 0 Å². The fourth-order valence-corrected chi connectivity index (χ4v) is 1.41. The molecule has 1 aromatic heterocycles. The van der Waals surface area contributed by atoms with E-state index in [1.807, 2.05) is 12.1 Å². The van der Waals surface area contributed by atoms with Crippen LogP contribution in [0.2, 0.25) is 0 Å². The lowest BCUT2D eigenvalue weighted by Gasteiger charge is -2.06. The molecular weight excluding hydrogens is 226 g/mol. The number of benzene rings is 1. The van der Waals surface area contributed by atoms with Crippen molar-refractivity contribution in [1.29, 1.82) is 10.5 Å². The van der Waals surface area contributed by atoms with Gasteiger partial charge in [0.15, 0.2) is 5.69 Å². The Morgan fingerprint density at radius 1 is 1.00 bits per heavy atom. The lowest BCUT2D eigenvalue weighted by Crippen LogP contribution is -1.98. The van der Waals surface area contributed by atoms with Gasteiger partial charge in [0.05, 0.1) is 17.3 Å². The van der Waals surface area contributed by atoms with Crippen molar-refractivity contribution in [3.8, 4) is 12.1 Å². The molecule has 5 nitrogen and oxygen atoms in total. The number of nitrogens with two attached hydrogens (primary N) is 1. The molecule has 0 saturated carbocycles. The molecule has 0 spiro atoms. The minimum atomic E-state index is 0.189. The Kier molecular flexibility index (Phi) is 3.08. The van der Waals surface area contributed by atoms with E-state index in [-0.39, 0.29) is 5.69 Å². The van der Waals surface area contributed by atoms with Gasteiger partial charge in [0.25, 0.3) is 0 Å². The highest BCUT2D eigenvalue weighted by Gasteiger charge is 2.02. The Hall–Kier alpha value is -3.05. The van der Waals surface area contributed by atoms with Crippen molar-refractivity contribution in [3.63, 3.8) is 0 Å². The van der Waals surface area contributed by atoms with E-state index in [4.69, 9.17) is 16.3 Å². The van der Waals surface area contributed by atoms with Crippen LogP contribution in [0, 0.1) is 22.7 Å². The number of hydrogen-bond acceptors (Lipinski definition) is 5. The first-order valence-corrected chi connectivity index (χ1v) is 5.17. The van der Waals surface area contributed by atoms with Crippen molar-refractivity contribution < 1.29 is 0 Å². The third-order valence-electron chi connectivity index (χ3n) is 2.32. The summed E-state index contributed by atoms with van der Waals surface area (Å²) in [5, 5.41) is 20.5. The Morgan fingerprint density at radius 3 is 2.33 bits per heavy atom. The SMILES string of the molecule is N#Cc1ccc(Nc2ccc(N)c(C#N)n2)cc1. The maximum absolute atomic E-state index is 8.82. The van der Waals surface area contributed by atoms with E-state index < -0.39 is 0 Å². The third kappa shape index (κ3) is 2.37. The van der Waals surface area contributed by atoms with Gasteiger partial charge < -0.3 is 11.1 Å². The lowest BCUT2D eigenvalue weighted by atomic mass is 10.2. The normalized spacial score (nSPS) is 9.22. The van der Waals surface area contributed by atoms with E-state index in [2.05, 4.69) is 10.3 Å². The molecule has 0 amide bonds. The zero-order chi connectivity index (χ0) is 13.0. The summed E-state index contributed by atoms with van der Waals surface area (Å²) in [7, 11) is 0. The molecule has 2 rings (SSSR count). The predicted octanol–water partition coefficient (Wildman–Crippen LogP) is 2.15. The van der Waals surface area contributed by atoms with Crippen molar-refractivity contribution in [2.24, 2.45) is 0 Å². The Morgan fingerprint density at radius 2 is 1.72 bits per heavy atom. The van der Waals surface area contributed by atoms with Crippen LogP contribution in [-0.4, -0.2) is 4.98 Å². The summed E-state index contributed by atoms with van der Waals surface area (Å²) >= 11 is 0. The fourth-order valence-electron chi connectivity index (χ4n) is 1.41. The van der Waals surface area contributed by atoms with Gasteiger partial charge in [0.1, 0.15) is 11.9 Å². The number of nitrogens with zero attached hydrogens (tertiary/aromatic N) is 3. The van der Waals surface area contributed by atoms with Gasteiger partial charge in [-0.05, 0) is 36.4 Å². The van der Waals surface area contributed by atoms with E-state index in [0.717, 1.165) is 5.69 Å². The molecule has 0 aliphatic heterocycles. The van der Waals surface area contributed by atoms with Crippen LogP contribution in [0.25, 0.3) is 0 Å². The highest BCUT2D eigenvalue weighted by atomic mass is 15.0. The second-order valence-corrected chi connectivity index (χ2v) is 3.56. The maximum atomic E-state index is 8.82. The molecule has 0 aliphatic carbocycles. The summed E-state index contributed by atoms with van der Waals surface area (Å²) < 4.78 is 0. The first-order valence-electron chi connectivity index (χ1n) is 5.17. The number of nitriles is 2. The number of anilines is 3. The monoisotopic (exact) mass is 235 g/mol. The summed E-state index contributed by atoms with van der Waals surface area (Å²) in [5.74, 6) is 0.533. The molecule has 0 unspecified atom stereocenters. The Bertz CT molecular complexity index is 647. The van der Waals surface area contributed by atoms with Gasteiger partial charge in [-0.2, -0.15) is 10.5 Å². The fraction of sp³-hybridized carbons (Fsp3) is 0. The smallest absolute Gasteiger partial charge is 0.165 e. The molecule has 0 aliphatic rings. The van der Waals surface area contributed by atoms with Crippen LogP contribution in [0.5, 0.6) is 0 Å². The van der Waals surface area contributed by atoms with Crippen molar-refractivity contribution >= 4 is 17.2 Å². The highest BCUT2D eigenvalue weighted by molar-refractivity contribution is 5.61. The van der Waals surface area contributed by atoms with Crippen molar-refractivity contribution in [1.82, 2.24) is 4.98 Å². The quantitative estimate of drug-likeness (QED) is 0.830. The minimum Gasteiger partial charge on any atom is -0.396 e. The number of pyridine rings is 1. The van der Waals surface area contributed by atoms with E-state index in [1.54, 1.807) is 36.4 Å². The van der Waals surface area contributed by atoms with Crippen LogP contribution in [0.15, 0.2) is 36.4 Å². The van der Waals surface area contributed by atoms with Crippen molar-refractivity contribution in [2.75, 3.05) is 11.1 Å². The molecule has 0 bridgehead atoms. The van der Waals surface area contributed by atoms with Gasteiger partial charge >= 0.3 is 0 Å². The summed E-state index contributed by atoms with van der Waals surface area (Å²) in [6.07, 6.45) is 0. The topological polar surface area (TPSA) is 98.5 Å². The molecule has 3 N–H and O–H groups in total.